The summed E-state index contributed by atoms with van der Waals surface area (Å²) >= 11 is 0. The number of aromatic amines is 1. The first kappa shape index (κ1) is 43.3. The Bertz CT molecular complexity index is 5040. The number of hydrogen-bond donors (Lipinski definition) is 2. The molecule has 2 saturated carbocycles. The number of carbonyl (C=O) groups excluding carboxylic acids is 1. The summed E-state index contributed by atoms with van der Waals surface area (Å²) in [6, 6.07) is 20.3. The third-order valence-electron chi connectivity index (χ3n) is 22.4. The minimum Gasteiger partial charge on any atom is -0.465 e. The average Bonchev–Trinajstić information content (AvgIpc) is 1.65. The van der Waals surface area contributed by atoms with Gasteiger partial charge in [-0.15, -0.1) is 5.73 Å². The number of benzene rings is 6. The van der Waals surface area contributed by atoms with Gasteiger partial charge in [0.25, 0.3) is 5.56 Å². The van der Waals surface area contributed by atoms with Crippen molar-refractivity contribution in [3.63, 3.8) is 0 Å². The lowest BCUT2D eigenvalue weighted by molar-refractivity contribution is -0.147. The zero-order chi connectivity index (χ0) is 53.3. The lowest BCUT2D eigenvalue weighted by Gasteiger charge is -2.37. The van der Waals surface area contributed by atoms with Crippen LogP contribution in [0.3, 0.4) is 0 Å². The van der Waals surface area contributed by atoms with Gasteiger partial charge in [-0.25, -0.2) is 14.5 Å². The molecular weight excluding hydrogens is 987 g/mol. The Morgan fingerprint density at radius 1 is 0.787 bits per heavy atom. The van der Waals surface area contributed by atoms with Crippen LogP contribution >= 0.6 is 0 Å². The van der Waals surface area contributed by atoms with Gasteiger partial charge in [0.2, 0.25) is 0 Å². The third-order valence-corrected chi connectivity index (χ3v) is 22.4. The van der Waals surface area contributed by atoms with E-state index in [1.165, 1.54) is 127 Å². The number of carbonyl (C=O) groups is 1. The van der Waals surface area contributed by atoms with Crippen LogP contribution in [0.2, 0.25) is 0 Å². The van der Waals surface area contributed by atoms with Crippen molar-refractivity contribution in [3.8, 4) is 11.5 Å². The Balaban J connectivity index is 0.684. The van der Waals surface area contributed by atoms with E-state index < -0.39 is 27.5 Å². The first-order valence-corrected chi connectivity index (χ1v) is 28.8. The lowest BCUT2D eigenvalue weighted by atomic mass is 9.64. The van der Waals surface area contributed by atoms with Crippen molar-refractivity contribution >= 4 is 66.0 Å². The molecule has 20 rings (SSSR count). The number of esters is 1. The summed E-state index contributed by atoms with van der Waals surface area (Å²) in [5.74, 6) is 0.704. The Kier molecular flexibility index (Phi) is 7.12. The van der Waals surface area contributed by atoms with E-state index in [-0.39, 0.29) is 53.2 Å². The highest BCUT2D eigenvalue weighted by Gasteiger charge is 2.95. The van der Waals surface area contributed by atoms with Gasteiger partial charge in [0.05, 0.1) is 17.6 Å². The van der Waals surface area contributed by atoms with Crippen LogP contribution in [0.15, 0.2) is 147 Å². The normalized spacial score (nSPS) is 26.9. The molecule has 14 aliphatic rings. The molecule has 9 heteroatoms. The van der Waals surface area contributed by atoms with E-state index in [1.807, 2.05) is 26.0 Å². The molecule has 2 N–H and O–H groups in total. The molecule has 0 aromatic heterocycles. The smallest absolute Gasteiger partial charge is 0.350 e. The van der Waals surface area contributed by atoms with E-state index in [4.69, 9.17) is 17.9 Å². The summed E-state index contributed by atoms with van der Waals surface area (Å²) in [6.07, 6.45) is 17.7. The monoisotopic (exact) mass is 1040 g/mol. The topological polar surface area (TPSA) is 119 Å². The maximum Gasteiger partial charge on any atom is 0.350 e. The molecule has 0 amide bonds. The predicted molar refractivity (Wildman–Crippen MR) is 313 cm³/mol. The number of H-pyrrole nitrogens is 1. The minimum atomic E-state index is -0.720. The number of ether oxygens (including phenoxy) is 1. The summed E-state index contributed by atoms with van der Waals surface area (Å²) < 4.78 is 8.02. The number of fused-ring (bicyclic) bond motifs is 5. The third kappa shape index (κ3) is 4.12. The quantitative estimate of drug-likeness (QED) is 0.0411. The van der Waals surface area contributed by atoms with Crippen LogP contribution in [0.25, 0.3) is 71.6 Å². The molecule has 9 nitrogen and oxygen atoms in total. The van der Waals surface area contributed by atoms with Gasteiger partial charge in [-0.1, -0.05) is 106 Å². The maximum absolute atomic E-state index is 14.4. The number of nitrogens with zero attached hydrogens (tertiary/aromatic N) is 3. The van der Waals surface area contributed by atoms with E-state index in [2.05, 4.69) is 119 Å². The van der Waals surface area contributed by atoms with Crippen molar-refractivity contribution in [1.29, 1.82) is 0 Å². The molecule has 80 heavy (non-hydrogen) atoms. The van der Waals surface area contributed by atoms with Crippen LogP contribution in [-0.2, 0) is 20.4 Å². The van der Waals surface area contributed by atoms with Crippen molar-refractivity contribution < 1.29 is 9.53 Å². The van der Waals surface area contributed by atoms with Gasteiger partial charge in [-0.05, 0) is 195 Å². The number of rotatable bonds is 12. The first-order chi connectivity index (χ1) is 38.9. The van der Waals surface area contributed by atoms with E-state index in [0.29, 0.717) is 24.9 Å². The fraction of sp³-hybridized carbons (Fsp3) is 0.268. The van der Waals surface area contributed by atoms with Gasteiger partial charge in [0.15, 0.2) is 11.5 Å². The second-order valence-corrected chi connectivity index (χ2v) is 26.0. The molecular formula is C71H51N5O4. The van der Waals surface area contributed by atoms with Gasteiger partial charge >= 0.3 is 11.7 Å². The van der Waals surface area contributed by atoms with Crippen LogP contribution in [0.1, 0.15) is 136 Å². The molecule has 12 aliphatic carbocycles. The van der Waals surface area contributed by atoms with Gasteiger partial charge in [-0.2, -0.15) is 4.98 Å². The molecule has 6 aromatic rings. The number of nitrogens with one attached hydrogen (secondary N) is 2. The Labute approximate surface area is 459 Å². The van der Waals surface area contributed by atoms with E-state index in [9.17, 15) is 14.4 Å². The zero-order valence-electron chi connectivity index (χ0n) is 44.8. The van der Waals surface area contributed by atoms with E-state index >= 15 is 0 Å². The molecule has 0 radical (unpaired) electrons. The summed E-state index contributed by atoms with van der Waals surface area (Å²) in [4.78, 5) is 50.8. The van der Waals surface area contributed by atoms with Gasteiger partial charge in [0.1, 0.15) is 0 Å². The zero-order valence-corrected chi connectivity index (χ0v) is 44.8. The molecule has 0 bridgehead atoms. The Morgan fingerprint density at radius 3 is 2.29 bits per heavy atom. The number of aromatic nitrogens is 4. The minimum absolute atomic E-state index is 0.0969. The average molecular weight is 1040 g/mol. The fourth-order valence-electron chi connectivity index (χ4n) is 19.9. The van der Waals surface area contributed by atoms with Gasteiger partial charge in [0, 0.05) is 64.0 Å². The molecule has 384 valence electrons. The highest BCUT2D eigenvalue weighted by molar-refractivity contribution is 6.41. The summed E-state index contributed by atoms with van der Waals surface area (Å²) in [6.45, 7) is 19.9. The molecule has 2 fully saturated rings. The molecule has 6 aromatic carbocycles. The van der Waals surface area contributed by atoms with Gasteiger partial charge in [-0.3, -0.25) is 14.6 Å². The van der Waals surface area contributed by atoms with Crippen LogP contribution in [0.4, 0.5) is 0 Å². The lowest BCUT2D eigenvalue weighted by Crippen LogP contribution is -2.32. The van der Waals surface area contributed by atoms with Crippen LogP contribution < -0.4 is 16.7 Å². The number of aryl methyl sites for hydroxylation is 2. The molecule has 2 spiro atoms. The SMILES string of the molecule is C=C1C2=C=C3C4=CC=CC5c6ccc7c8c6c6c5c4c4c5c6c6c9c%10c%11c(c86)C7C=CC=C%11C(=C)C%106C1(C(=C59)C2C34)C6(CCCC(=O)OCC(C)(C)CCCNn1c2nc(=O)[nH]c(=O)c-2nc2cc(C)c(C)cc21)c1ccccc1. The highest BCUT2D eigenvalue weighted by atomic mass is 16.5. The Morgan fingerprint density at radius 2 is 1.51 bits per heavy atom. The molecule has 2 aliphatic heterocycles. The first-order valence-electron chi connectivity index (χ1n) is 28.8. The molecule has 0 saturated heterocycles. The van der Waals surface area contributed by atoms with Crippen molar-refractivity contribution in [2.45, 2.75) is 88.4 Å². The molecule has 7 atom stereocenters. The number of hydrogen-bond acceptors (Lipinski definition) is 7. The summed E-state index contributed by atoms with van der Waals surface area (Å²) in [7, 11) is 0. The maximum atomic E-state index is 14.4. The number of allylic oxidation sites excluding steroid dienone is 12. The second-order valence-electron chi connectivity index (χ2n) is 26.0. The van der Waals surface area contributed by atoms with Crippen molar-refractivity contribution in [1.82, 2.24) is 19.6 Å². The van der Waals surface area contributed by atoms with Crippen molar-refractivity contribution in [3.05, 3.63) is 231 Å². The summed E-state index contributed by atoms with van der Waals surface area (Å²) in [5, 5.41) is 9.01. The second kappa shape index (κ2) is 13.2. The standard InChI is InChI=1S/C71H51N5O4/c1-30-26-43-44(27-31(30)2)76(65-64(73-43)66(78)75-67(79)74-65)72-25-13-23-68(5,6)29-80-45(77)20-12-24-69(34-14-8-7-9-15-34)70-32(3)35-16-10-17-37-40-22-21-39-36-18-11-19-38-42-28-41-33(4)71(69,70)63-53(41)51(42)56-47(38)46(36)54-48(39)49(40)55-50(37)52(35)62(70)60-58(55)57(54)59(56)61(60)63/h7-11,14-19,21-22,26-27,36-37,51,53,72H,3-4,12-13,20,23-25,29H2,1-2,5-6H3,(H,75,78,79). The fourth-order valence-corrected chi connectivity index (χ4v) is 19.9. The van der Waals surface area contributed by atoms with Gasteiger partial charge < -0.3 is 10.2 Å². The molecule has 7 unspecified atom stereocenters. The van der Waals surface area contributed by atoms with Crippen LogP contribution in [-0.4, -0.2) is 38.7 Å². The van der Waals surface area contributed by atoms with E-state index in [0.717, 1.165) is 35.9 Å². The van der Waals surface area contributed by atoms with Crippen molar-refractivity contribution in [2.75, 3.05) is 18.6 Å². The summed E-state index contributed by atoms with van der Waals surface area (Å²) in [5.41, 5.74) is 35.2. The largest absolute Gasteiger partial charge is 0.465 e. The van der Waals surface area contributed by atoms with Crippen molar-refractivity contribution in [2.24, 2.45) is 16.7 Å². The predicted octanol–water partition coefficient (Wildman–Crippen LogP) is 12.9. The molecule has 2 heterocycles. The van der Waals surface area contributed by atoms with Crippen LogP contribution in [0.5, 0.6) is 0 Å². The van der Waals surface area contributed by atoms with E-state index in [1.54, 1.807) is 15.8 Å². The van der Waals surface area contributed by atoms with Crippen LogP contribution in [0, 0.1) is 30.6 Å². The highest BCUT2D eigenvalue weighted by Crippen LogP contribution is 2.98. The Hall–Kier alpha value is -8.65.